The maximum absolute atomic E-state index is 5.60. The zero-order valence-electron chi connectivity index (χ0n) is 10.9. The number of nitrogens with zero attached hydrogens (tertiary/aromatic N) is 2. The van der Waals surface area contributed by atoms with Gasteiger partial charge in [0.15, 0.2) is 5.65 Å². The van der Waals surface area contributed by atoms with E-state index in [0.717, 1.165) is 29.8 Å². The Labute approximate surface area is 107 Å². The highest BCUT2D eigenvalue weighted by Crippen LogP contribution is 2.16. The van der Waals surface area contributed by atoms with Gasteiger partial charge in [-0.1, -0.05) is 6.92 Å². The first-order valence-electron chi connectivity index (χ1n) is 6.41. The third kappa shape index (κ3) is 2.98. The molecule has 0 saturated carbocycles. The quantitative estimate of drug-likeness (QED) is 0.818. The molecule has 0 aliphatic rings. The van der Waals surface area contributed by atoms with Gasteiger partial charge in [0, 0.05) is 12.5 Å². The van der Waals surface area contributed by atoms with Crippen LogP contribution in [0.2, 0.25) is 0 Å². The fourth-order valence-electron chi connectivity index (χ4n) is 1.77. The molecule has 0 amide bonds. The summed E-state index contributed by atoms with van der Waals surface area (Å²) in [7, 11) is 0. The van der Waals surface area contributed by atoms with Crippen LogP contribution in [0.5, 0.6) is 5.88 Å². The molecule has 0 saturated heterocycles. The van der Waals surface area contributed by atoms with Gasteiger partial charge in [0.05, 0.1) is 12.1 Å². The summed E-state index contributed by atoms with van der Waals surface area (Å²) in [5, 5.41) is 0. The van der Waals surface area contributed by atoms with E-state index in [9.17, 15) is 0 Å². The van der Waals surface area contributed by atoms with E-state index >= 15 is 0 Å². The summed E-state index contributed by atoms with van der Waals surface area (Å²) in [5.74, 6) is 2.11. The van der Waals surface area contributed by atoms with Crippen molar-refractivity contribution in [2.75, 3.05) is 13.2 Å². The van der Waals surface area contributed by atoms with Gasteiger partial charge in [-0.15, -0.1) is 0 Å². The molecule has 0 aliphatic carbocycles. The van der Waals surface area contributed by atoms with Crippen LogP contribution in [-0.4, -0.2) is 28.1 Å². The van der Waals surface area contributed by atoms with Crippen LogP contribution in [0.15, 0.2) is 12.1 Å². The van der Waals surface area contributed by atoms with E-state index < -0.39 is 0 Å². The second-order valence-electron chi connectivity index (χ2n) is 4.52. The lowest BCUT2D eigenvalue weighted by molar-refractivity contribution is 0.328. The minimum atomic E-state index is 0.519. The Kier molecular flexibility index (Phi) is 4.15. The molecule has 0 bridgehead atoms. The molecule has 2 rings (SSSR count). The average Bonchev–Trinajstić information content (AvgIpc) is 2.78. The first-order chi connectivity index (χ1) is 8.72. The summed E-state index contributed by atoms with van der Waals surface area (Å²) >= 11 is 0. The Balaban J connectivity index is 2.11. The van der Waals surface area contributed by atoms with Crippen molar-refractivity contribution in [2.24, 2.45) is 11.7 Å². The van der Waals surface area contributed by atoms with Crippen LogP contribution in [0.25, 0.3) is 11.2 Å². The lowest BCUT2D eigenvalue weighted by Gasteiger charge is -2.04. The highest BCUT2D eigenvalue weighted by atomic mass is 16.5. The van der Waals surface area contributed by atoms with Crippen molar-refractivity contribution in [3.63, 3.8) is 0 Å². The Morgan fingerprint density at radius 1 is 1.39 bits per heavy atom. The van der Waals surface area contributed by atoms with Crippen molar-refractivity contribution in [2.45, 2.75) is 26.7 Å². The van der Waals surface area contributed by atoms with Gasteiger partial charge in [0.2, 0.25) is 5.88 Å². The minimum Gasteiger partial charge on any atom is -0.478 e. The van der Waals surface area contributed by atoms with Crippen LogP contribution >= 0.6 is 0 Å². The number of pyridine rings is 1. The number of fused-ring (bicyclic) bond motifs is 1. The van der Waals surface area contributed by atoms with E-state index in [0.29, 0.717) is 24.9 Å². The second kappa shape index (κ2) is 5.82. The molecule has 2 aromatic heterocycles. The fourth-order valence-corrected chi connectivity index (χ4v) is 1.77. The van der Waals surface area contributed by atoms with Crippen LogP contribution in [0.3, 0.4) is 0 Å². The van der Waals surface area contributed by atoms with Crippen LogP contribution < -0.4 is 10.5 Å². The SMILES string of the molecule is CCOc1ccc2[nH]c(CCC(C)CN)nc2n1. The highest BCUT2D eigenvalue weighted by molar-refractivity contribution is 5.71. The topological polar surface area (TPSA) is 76.8 Å². The molecule has 0 aromatic carbocycles. The predicted octanol–water partition coefficient (Wildman–Crippen LogP) is 1.88. The van der Waals surface area contributed by atoms with Crippen molar-refractivity contribution in [3.05, 3.63) is 18.0 Å². The summed E-state index contributed by atoms with van der Waals surface area (Å²) in [6.07, 6.45) is 1.94. The first-order valence-corrected chi connectivity index (χ1v) is 6.41. The van der Waals surface area contributed by atoms with E-state index in [1.54, 1.807) is 0 Å². The molecule has 5 heteroatoms. The monoisotopic (exact) mass is 248 g/mol. The molecular weight excluding hydrogens is 228 g/mol. The zero-order chi connectivity index (χ0) is 13.0. The van der Waals surface area contributed by atoms with E-state index in [1.165, 1.54) is 0 Å². The molecular formula is C13H20N4O. The average molecular weight is 248 g/mol. The Morgan fingerprint density at radius 3 is 2.94 bits per heavy atom. The number of H-pyrrole nitrogens is 1. The summed E-state index contributed by atoms with van der Waals surface area (Å²) in [6.45, 7) is 5.42. The van der Waals surface area contributed by atoms with Crippen LogP contribution in [0, 0.1) is 5.92 Å². The number of nitrogens with two attached hydrogens (primary N) is 1. The number of aryl methyl sites for hydroxylation is 1. The number of hydrogen-bond acceptors (Lipinski definition) is 4. The maximum Gasteiger partial charge on any atom is 0.215 e. The number of aromatic nitrogens is 3. The Hall–Kier alpha value is -1.62. The fraction of sp³-hybridized carbons (Fsp3) is 0.538. The number of imidazole rings is 1. The Morgan fingerprint density at radius 2 is 2.22 bits per heavy atom. The lowest BCUT2D eigenvalue weighted by Crippen LogP contribution is -2.11. The van der Waals surface area contributed by atoms with Gasteiger partial charge >= 0.3 is 0 Å². The summed E-state index contributed by atoms with van der Waals surface area (Å²) < 4.78 is 5.36. The molecule has 2 aromatic rings. The van der Waals surface area contributed by atoms with E-state index in [2.05, 4.69) is 21.9 Å². The highest BCUT2D eigenvalue weighted by Gasteiger charge is 2.07. The number of nitrogens with one attached hydrogen (secondary N) is 1. The van der Waals surface area contributed by atoms with Gasteiger partial charge in [-0.3, -0.25) is 0 Å². The third-order valence-electron chi connectivity index (χ3n) is 2.94. The standard InChI is InChI=1S/C13H20N4O/c1-3-18-12-7-5-10-13(17-12)16-11(15-10)6-4-9(2)8-14/h5,7,9H,3-4,6,8,14H2,1-2H3,(H,15,16,17). The predicted molar refractivity (Wildman–Crippen MR) is 71.6 cm³/mol. The number of rotatable bonds is 6. The smallest absolute Gasteiger partial charge is 0.215 e. The maximum atomic E-state index is 5.60. The van der Waals surface area contributed by atoms with Gasteiger partial charge in [-0.25, -0.2) is 4.98 Å². The van der Waals surface area contributed by atoms with Gasteiger partial charge in [0.25, 0.3) is 0 Å². The van der Waals surface area contributed by atoms with Crippen molar-refractivity contribution in [1.82, 2.24) is 15.0 Å². The molecule has 0 radical (unpaired) electrons. The molecule has 1 unspecified atom stereocenters. The summed E-state index contributed by atoms with van der Waals surface area (Å²) in [6, 6.07) is 3.81. The molecule has 2 heterocycles. The zero-order valence-corrected chi connectivity index (χ0v) is 10.9. The number of aromatic amines is 1. The number of hydrogen-bond donors (Lipinski definition) is 2. The molecule has 3 N–H and O–H groups in total. The van der Waals surface area contributed by atoms with Gasteiger partial charge in [0.1, 0.15) is 5.82 Å². The molecule has 0 fully saturated rings. The van der Waals surface area contributed by atoms with Crippen molar-refractivity contribution >= 4 is 11.2 Å². The molecule has 0 spiro atoms. The van der Waals surface area contributed by atoms with E-state index in [4.69, 9.17) is 10.5 Å². The summed E-state index contributed by atoms with van der Waals surface area (Å²) in [4.78, 5) is 12.1. The molecule has 0 aliphatic heterocycles. The Bertz CT molecular complexity index is 509. The third-order valence-corrected chi connectivity index (χ3v) is 2.94. The molecule has 1 atom stereocenters. The van der Waals surface area contributed by atoms with Crippen molar-refractivity contribution in [3.8, 4) is 5.88 Å². The first kappa shape index (κ1) is 12.8. The summed E-state index contributed by atoms with van der Waals surface area (Å²) in [5.41, 5.74) is 7.28. The van der Waals surface area contributed by atoms with Gasteiger partial charge in [-0.2, -0.15) is 4.98 Å². The molecule has 98 valence electrons. The second-order valence-corrected chi connectivity index (χ2v) is 4.52. The molecule has 5 nitrogen and oxygen atoms in total. The largest absolute Gasteiger partial charge is 0.478 e. The number of ether oxygens (including phenoxy) is 1. The van der Waals surface area contributed by atoms with Crippen LogP contribution in [-0.2, 0) is 6.42 Å². The van der Waals surface area contributed by atoms with Gasteiger partial charge < -0.3 is 15.5 Å². The van der Waals surface area contributed by atoms with Crippen LogP contribution in [0.4, 0.5) is 0 Å². The van der Waals surface area contributed by atoms with E-state index in [-0.39, 0.29) is 0 Å². The minimum absolute atomic E-state index is 0.519. The lowest BCUT2D eigenvalue weighted by atomic mass is 10.1. The van der Waals surface area contributed by atoms with Crippen molar-refractivity contribution < 1.29 is 4.74 Å². The van der Waals surface area contributed by atoms with E-state index in [1.807, 2.05) is 19.1 Å². The molecule has 18 heavy (non-hydrogen) atoms. The van der Waals surface area contributed by atoms with Crippen molar-refractivity contribution in [1.29, 1.82) is 0 Å². The normalized spacial score (nSPS) is 12.8. The van der Waals surface area contributed by atoms with Crippen LogP contribution in [0.1, 0.15) is 26.1 Å². The van der Waals surface area contributed by atoms with Gasteiger partial charge in [-0.05, 0) is 31.9 Å².